The Labute approximate surface area is 110 Å². The maximum Gasteiger partial charge on any atom is 0.136 e. The monoisotopic (exact) mass is 245 g/mol. The summed E-state index contributed by atoms with van der Waals surface area (Å²) in [5, 5.41) is 0. The van der Waals surface area contributed by atoms with Crippen molar-refractivity contribution < 1.29 is 4.79 Å². The SMILES string of the molecule is CCC1CCCCC1C(=O)CCc1ccncc1. The number of rotatable bonds is 5. The van der Waals surface area contributed by atoms with E-state index in [9.17, 15) is 4.79 Å². The number of ketones is 1. The smallest absolute Gasteiger partial charge is 0.136 e. The molecule has 0 aromatic carbocycles. The van der Waals surface area contributed by atoms with E-state index >= 15 is 0 Å². The van der Waals surface area contributed by atoms with E-state index in [1.165, 1.54) is 24.8 Å². The van der Waals surface area contributed by atoms with Crippen molar-refractivity contribution in [3.05, 3.63) is 30.1 Å². The van der Waals surface area contributed by atoms with Crippen molar-refractivity contribution in [3.63, 3.8) is 0 Å². The number of hydrogen-bond donors (Lipinski definition) is 0. The lowest BCUT2D eigenvalue weighted by Gasteiger charge is -2.29. The Morgan fingerprint density at radius 2 is 2.00 bits per heavy atom. The number of carbonyl (C=O) groups is 1. The number of aryl methyl sites for hydroxylation is 1. The molecule has 2 rings (SSSR count). The van der Waals surface area contributed by atoms with Crippen LogP contribution in [0.1, 0.15) is 51.0 Å². The molecular formula is C16H23NO. The Morgan fingerprint density at radius 3 is 2.72 bits per heavy atom. The summed E-state index contributed by atoms with van der Waals surface area (Å²) in [4.78, 5) is 16.3. The van der Waals surface area contributed by atoms with E-state index in [2.05, 4.69) is 11.9 Å². The van der Waals surface area contributed by atoms with E-state index in [1.54, 1.807) is 12.4 Å². The van der Waals surface area contributed by atoms with Crippen LogP contribution in [0.15, 0.2) is 24.5 Å². The van der Waals surface area contributed by atoms with Crippen LogP contribution < -0.4 is 0 Å². The van der Waals surface area contributed by atoms with Gasteiger partial charge in [0.1, 0.15) is 5.78 Å². The number of nitrogens with zero attached hydrogens (tertiary/aromatic N) is 1. The fourth-order valence-electron chi connectivity index (χ4n) is 3.12. The van der Waals surface area contributed by atoms with Gasteiger partial charge in [-0.3, -0.25) is 9.78 Å². The molecule has 18 heavy (non-hydrogen) atoms. The average molecular weight is 245 g/mol. The minimum atomic E-state index is 0.339. The fraction of sp³-hybridized carbons (Fsp3) is 0.625. The van der Waals surface area contributed by atoms with E-state index in [0.717, 1.165) is 19.3 Å². The van der Waals surface area contributed by atoms with Gasteiger partial charge in [0, 0.05) is 24.7 Å². The second-order valence-electron chi connectivity index (χ2n) is 5.38. The molecule has 0 spiro atoms. The average Bonchev–Trinajstić information content (AvgIpc) is 2.45. The van der Waals surface area contributed by atoms with Crippen LogP contribution in [-0.4, -0.2) is 10.8 Å². The molecule has 1 saturated carbocycles. The number of pyridine rings is 1. The van der Waals surface area contributed by atoms with Crippen molar-refractivity contribution in [2.45, 2.75) is 51.9 Å². The summed E-state index contributed by atoms with van der Waals surface area (Å²) >= 11 is 0. The minimum absolute atomic E-state index is 0.339. The molecule has 2 atom stereocenters. The zero-order valence-corrected chi connectivity index (χ0v) is 11.3. The first kappa shape index (κ1) is 13.3. The maximum atomic E-state index is 12.3. The summed E-state index contributed by atoms with van der Waals surface area (Å²) in [5.74, 6) is 1.47. The Hall–Kier alpha value is -1.18. The minimum Gasteiger partial charge on any atom is -0.299 e. The highest BCUT2D eigenvalue weighted by atomic mass is 16.1. The molecule has 1 fully saturated rings. The van der Waals surface area contributed by atoms with E-state index in [-0.39, 0.29) is 0 Å². The molecule has 0 bridgehead atoms. The van der Waals surface area contributed by atoms with Crippen molar-refractivity contribution in [1.29, 1.82) is 0 Å². The second kappa shape index (κ2) is 6.67. The van der Waals surface area contributed by atoms with E-state index < -0.39 is 0 Å². The molecule has 1 aliphatic rings. The Balaban J connectivity index is 1.87. The van der Waals surface area contributed by atoms with Gasteiger partial charge in [0.05, 0.1) is 0 Å². The van der Waals surface area contributed by atoms with Crippen molar-refractivity contribution in [2.24, 2.45) is 11.8 Å². The van der Waals surface area contributed by atoms with Crippen molar-refractivity contribution in [3.8, 4) is 0 Å². The Morgan fingerprint density at radius 1 is 1.28 bits per heavy atom. The summed E-state index contributed by atoms with van der Waals surface area (Å²) in [6, 6.07) is 4.01. The fourth-order valence-corrected chi connectivity index (χ4v) is 3.12. The Kier molecular flexibility index (Phi) is 4.91. The molecule has 0 saturated heterocycles. The first-order valence-corrected chi connectivity index (χ1v) is 7.23. The van der Waals surface area contributed by atoms with Gasteiger partial charge in [-0.1, -0.05) is 26.2 Å². The highest BCUT2D eigenvalue weighted by molar-refractivity contribution is 5.81. The zero-order valence-electron chi connectivity index (χ0n) is 11.3. The van der Waals surface area contributed by atoms with Crippen LogP contribution in [-0.2, 0) is 11.2 Å². The molecule has 2 unspecified atom stereocenters. The third-order valence-electron chi connectivity index (χ3n) is 4.26. The van der Waals surface area contributed by atoms with Crippen LogP contribution in [0.25, 0.3) is 0 Å². The van der Waals surface area contributed by atoms with Gasteiger partial charge in [0.2, 0.25) is 0 Å². The highest BCUT2D eigenvalue weighted by Gasteiger charge is 2.28. The summed E-state index contributed by atoms with van der Waals surface area (Å²) in [5.41, 5.74) is 1.22. The van der Waals surface area contributed by atoms with Crippen molar-refractivity contribution >= 4 is 5.78 Å². The topological polar surface area (TPSA) is 30.0 Å². The molecule has 2 heteroatoms. The lowest BCUT2D eigenvalue weighted by molar-refractivity contribution is -0.125. The molecule has 1 aromatic heterocycles. The molecule has 0 amide bonds. The summed E-state index contributed by atoms with van der Waals surface area (Å²) in [6.07, 6.45) is 11.3. The molecule has 0 radical (unpaired) electrons. The zero-order chi connectivity index (χ0) is 12.8. The van der Waals surface area contributed by atoms with Crippen LogP contribution >= 0.6 is 0 Å². The third-order valence-corrected chi connectivity index (χ3v) is 4.26. The summed E-state index contributed by atoms with van der Waals surface area (Å²) < 4.78 is 0. The molecule has 0 aliphatic heterocycles. The van der Waals surface area contributed by atoms with E-state index in [4.69, 9.17) is 0 Å². The quantitative estimate of drug-likeness (QED) is 0.789. The van der Waals surface area contributed by atoms with Crippen LogP contribution in [0.5, 0.6) is 0 Å². The molecule has 1 aromatic rings. The van der Waals surface area contributed by atoms with Crippen LogP contribution in [0.4, 0.5) is 0 Å². The summed E-state index contributed by atoms with van der Waals surface area (Å²) in [6.45, 7) is 2.22. The molecule has 0 N–H and O–H groups in total. The van der Waals surface area contributed by atoms with Gasteiger partial charge in [0.15, 0.2) is 0 Å². The predicted molar refractivity (Wildman–Crippen MR) is 73.3 cm³/mol. The second-order valence-corrected chi connectivity index (χ2v) is 5.38. The Bertz CT molecular complexity index is 374. The number of Topliss-reactive ketones (excluding diaryl/α,β-unsaturated/α-hetero) is 1. The van der Waals surface area contributed by atoms with Gasteiger partial charge in [-0.15, -0.1) is 0 Å². The van der Waals surface area contributed by atoms with Gasteiger partial charge < -0.3 is 0 Å². The number of aromatic nitrogens is 1. The van der Waals surface area contributed by atoms with Gasteiger partial charge >= 0.3 is 0 Å². The molecule has 1 heterocycles. The standard InChI is InChI=1S/C16H23NO/c1-2-14-5-3-4-6-15(14)16(18)8-7-13-9-11-17-12-10-13/h9-12,14-15H,2-8H2,1H3. The number of carbonyl (C=O) groups excluding carboxylic acids is 1. The van der Waals surface area contributed by atoms with Gasteiger partial charge in [-0.25, -0.2) is 0 Å². The van der Waals surface area contributed by atoms with Crippen molar-refractivity contribution in [1.82, 2.24) is 4.98 Å². The third kappa shape index (κ3) is 3.41. The molecule has 2 nitrogen and oxygen atoms in total. The number of hydrogen-bond acceptors (Lipinski definition) is 2. The lowest BCUT2D eigenvalue weighted by atomic mass is 9.75. The van der Waals surface area contributed by atoms with E-state index in [0.29, 0.717) is 24.0 Å². The van der Waals surface area contributed by atoms with Gasteiger partial charge in [-0.05, 0) is 42.9 Å². The predicted octanol–water partition coefficient (Wildman–Crippen LogP) is 3.80. The molecule has 98 valence electrons. The molecule has 1 aliphatic carbocycles. The van der Waals surface area contributed by atoms with Gasteiger partial charge in [-0.2, -0.15) is 0 Å². The maximum absolute atomic E-state index is 12.3. The normalized spacial score (nSPS) is 23.8. The van der Waals surface area contributed by atoms with Gasteiger partial charge in [0.25, 0.3) is 0 Å². The van der Waals surface area contributed by atoms with Crippen LogP contribution in [0, 0.1) is 11.8 Å². The first-order chi connectivity index (χ1) is 8.81. The first-order valence-electron chi connectivity index (χ1n) is 7.23. The van der Waals surface area contributed by atoms with Crippen LogP contribution in [0.3, 0.4) is 0 Å². The lowest BCUT2D eigenvalue weighted by Crippen LogP contribution is -2.27. The van der Waals surface area contributed by atoms with Crippen LogP contribution in [0.2, 0.25) is 0 Å². The summed E-state index contributed by atoms with van der Waals surface area (Å²) in [7, 11) is 0. The molecular weight excluding hydrogens is 222 g/mol. The highest BCUT2D eigenvalue weighted by Crippen LogP contribution is 2.33. The van der Waals surface area contributed by atoms with E-state index in [1.807, 2.05) is 12.1 Å². The largest absolute Gasteiger partial charge is 0.299 e. The van der Waals surface area contributed by atoms with Crippen molar-refractivity contribution in [2.75, 3.05) is 0 Å².